The number of nitriles is 1. The topological polar surface area (TPSA) is 75.6 Å². The Bertz CT molecular complexity index is 869. The second-order valence-electron chi connectivity index (χ2n) is 5.30. The van der Waals surface area contributed by atoms with Crippen molar-refractivity contribution >= 4 is 0 Å². The second kappa shape index (κ2) is 6.01. The van der Waals surface area contributed by atoms with E-state index in [1.165, 1.54) is 0 Å². The summed E-state index contributed by atoms with van der Waals surface area (Å²) in [4.78, 5) is 9.21. The molecule has 0 atom stereocenters. The predicted octanol–water partition coefficient (Wildman–Crippen LogP) is 3.85. The van der Waals surface area contributed by atoms with Crippen molar-refractivity contribution in [1.29, 1.82) is 5.26 Å². The van der Waals surface area contributed by atoms with Gasteiger partial charge in [0.15, 0.2) is 0 Å². The van der Waals surface area contributed by atoms with Crippen LogP contribution < -0.4 is 0 Å². The molecule has 0 saturated carbocycles. The van der Waals surface area contributed by atoms with Gasteiger partial charge in [-0.05, 0) is 32.0 Å². The monoisotopic (exact) mass is 304 g/mol. The third-order valence-corrected chi connectivity index (χ3v) is 3.69. The quantitative estimate of drug-likeness (QED) is 0.734. The van der Waals surface area contributed by atoms with E-state index in [1.54, 1.807) is 12.1 Å². The molecule has 0 spiro atoms. The van der Waals surface area contributed by atoms with Crippen molar-refractivity contribution in [3.63, 3.8) is 0 Å². The van der Waals surface area contributed by atoms with Gasteiger partial charge < -0.3 is 4.52 Å². The van der Waals surface area contributed by atoms with Crippen LogP contribution in [0.5, 0.6) is 0 Å². The summed E-state index contributed by atoms with van der Waals surface area (Å²) in [6.45, 7) is 5.81. The lowest BCUT2D eigenvalue weighted by atomic mass is 10.1. The van der Waals surface area contributed by atoms with Gasteiger partial charge in [-0.1, -0.05) is 24.2 Å². The fourth-order valence-electron chi connectivity index (χ4n) is 2.50. The van der Waals surface area contributed by atoms with Gasteiger partial charge in [-0.15, -0.1) is 0 Å². The van der Waals surface area contributed by atoms with E-state index in [2.05, 4.69) is 21.2 Å². The third-order valence-electron chi connectivity index (χ3n) is 3.69. The van der Waals surface area contributed by atoms with Gasteiger partial charge in [0, 0.05) is 12.0 Å². The molecular weight excluding hydrogens is 288 g/mol. The Hall–Kier alpha value is -3.00. The van der Waals surface area contributed by atoms with Crippen LogP contribution in [0.15, 0.2) is 34.9 Å². The molecule has 0 aliphatic rings. The van der Waals surface area contributed by atoms with E-state index in [0.29, 0.717) is 5.56 Å². The van der Waals surface area contributed by atoms with Crippen molar-refractivity contribution in [2.75, 3.05) is 0 Å². The first-order valence-corrected chi connectivity index (χ1v) is 7.44. The first-order valence-electron chi connectivity index (χ1n) is 7.44. The van der Waals surface area contributed by atoms with Crippen LogP contribution in [0.1, 0.15) is 29.8 Å². The van der Waals surface area contributed by atoms with Crippen molar-refractivity contribution in [2.24, 2.45) is 0 Å². The number of hydrogen-bond donors (Lipinski definition) is 0. The molecule has 0 fully saturated rings. The zero-order chi connectivity index (χ0) is 16.4. The maximum Gasteiger partial charge on any atom is 0.143 e. The van der Waals surface area contributed by atoms with Gasteiger partial charge in [0.2, 0.25) is 0 Å². The SMILES string of the molecule is CCc1nc(-c2ccc(C#N)cc2)cc(-c2c(C)noc2C)n1. The van der Waals surface area contributed by atoms with Crippen molar-refractivity contribution in [3.05, 3.63) is 53.2 Å². The minimum Gasteiger partial charge on any atom is -0.361 e. The van der Waals surface area contributed by atoms with Gasteiger partial charge in [0.05, 0.1) is 34.3 Å². The predicted molar refractivity (Wildman–Crippen MR) is 86.5 cm³/mol. The summed E-state index contributed by atoms with van der Waals surface area (Å²) in [5, 5.41) is 12.9. The fourth-order valence-corrected chi connectivity index (χ4v) is 2.50. The Morgan fingerprint density at radius 3 is 2.35 bits per heavy atom. The van der Waals surface area contributed by atoms with Gasteiger partial charge in [0.25, 0.3) is 0 Å². The van der Waals surface area contributed by atoms with Gasteiger partial charge in [-0.2, -0.15) is 5.26 Å². The molecule has 0 aliphatic carbocycles. The molecule has 114 valence electrons. The van der Waals surface area contributed by atoms with Crippen LogP contribution in [0.4, 0.5) is 0 Å². The number of aryl methyl sites for hydroxylation is 3. The molecule has 2 heterocycles. The first kappa shape index (κ1) is 14.9. The Balaban J connectivity index is 2.15. The maximum absolute atomic E-state index is 8.92. The molecule has 0 unspecified atom stereocenters. The number of aromatic nitrogens is 3. The smallest absolute Gasteiger partial charge is 0.143 e. The highest BCUT2D eigenvalue weighted by atomic mass is 16.5. The number of nitrogens with zero attached hydrogens (tertiary/aromatic N) is 4. The molecule has 0 saturated heterocycles. The highest BCUT2D eigenvalue weighted by Crippen LogP contribution is 2.28. The van der Waals surface area contributed by atoms with Crippen LogP contribution in [0.2, 0.25) is 0 Å². The molecule has 5 heteroatoms. The van der Waals surface area contributed by atoms with E-state index in [0.717, 1.165) is 46.2 Å². The van der Waals surface area contributed by atoms with Gasteiger partial charge in [-0.3, -0.25) is 0 Å². The Labute approximate surface area is 134 Å². The van der Waals surface area contributed by atoms with E-state index in [1.807, 2.05) is 39.0 Å². The zero-order valence-corrected chi connectivity index (χ0v) is 13.3. The molecule has 3 aromatic rings. The molecule has 2 aromatic heterocycles. The molecule has 0 aliphatic heterocycles. The van der Waals surface area contributed by atoms with E-state index >= 15 is 0 Å². The van der Waals surface area contributed by atoms with Crippen molar-refractivity contribution in [3.8, 4) is 28.6 Å². The van der Waals surface area contributed by atoms with E-state index in [9.17, 15) is 0 Å². The summed E-state index contributed by atoms with van der Waals surface area (Å²) in [5.41, 5.74) is 4.95. The van der Waals surface area contributed by atoms with Crippen molar-refractivity contribution in [1.82, 2.24) is 15.1 Å². The largest absolute Gasteiger partial charge is 0.361 e. The molecule has 0 amide bonds. The third kappa shape index (κ3) is 2.84. The van der Waals surface area contributed by atoms with Crippen LogP contribution in [0.25, 0.3) is 22.5 Å². The number of benzene rings is 1. The first-order chi connectivity index (χ1) is 11.1. The van der Waals surface area contributed by atoms with Crippen LogP contribution in [-0.4, -0.2) is 15.1 Å². The lowest BCUT2D eigenvalue weighted by Crippen LogP contribution is -1.99. The summed E-state index contributed by atoms with van der Waals surface area (Å²) >= 11 is 0. The van der Waals surface area contributed by atoms with Crippen LogP contribution >= 0.6 is 0 Å². The molecule has 1 aromatic carbocycles. The second-order valence-corrected chi connectivity index (χ2v) is 5.30. The van der Waals surface area contributed by atoms with Gasteiger partial charge in [0.1, 0.15) is 11.6 Å². The normalized spacial score (nSPS) is 10.5. The summed E-state index contributed by atoms with van der Waals surface area (Å²) < 4.78 is 5.25. The molecule has 0 radical (unpaired) electrons. The lowest BCUT2D eigenvalue weighted by molar-refractivity contribution is 0.393. The Morgan fingerprint density at radius 2 is 1.78 bits per heavy atom. The molecule has 5 nitrogen and oxygen atoms in total. The summed E-state index contributed by atoms with van der Waals surface area (Å²) in [5.74, 6) is 1.51. The van der Waals surface area contributed by atoms with E-state index < -0.39 is 0 Å². The minimum absolute atomic E-state index is 0.629. The summed E-state index contributed by atoms with van der Waals surface area (Å²) in [7, 11) is 0. The molecule has 0 bridgehead atoms. The van der Waals surface area contributed by atoms with Crippen LogP contribution in [0, 0.1) is 25.2 Å². The van der Waals surface area contributed by atoms with Crippen LogP contribution in [-0.2, 0) is 6.42 Å². The Kier molecular flexibility index (Phi) is 3.90. The maximum atomic E-state index is 8.92. The van der Waals surface area contributed by atoms with E-state index in [4.69, 9.17) is 9.78 Å². The average Bonchev–Trinajstić information content (AvgIpc) is 2.93. The highest BCUT2D eigenvalue weighted by Gasteiger charge is 2.15. The fraction of sp³-hybridized carbons (Fsp3) is 0.222. The van der Waals surface area contributed by atoms with Crippen LogP contribution in [0.3, 0.4) is 0 Å². The number of hydrogen-bond acceptors (Lipinski definition) is 5. The Morgan fingerprint density at radius 1 is 1.09 bits per heavy atom. The average molecular weight is 304 g/mol. The van der Waals surface area contributed by atoms with Gasteiger partial charge in [-0.25, -0.2) is 9.97 Å². The molecule has 3 rings (SSSR count). The van der Waals surface area contributed by atoms with Crippen molar-refractivity contribution in [2.45, 2.75) is 27.2 Å². The molecular formula is C18H16N4O. The standard InChI is InChI=1S/C18H16N4O/c1-4-17-20-15(14-7-5-13(10-19)6-8-14)9-16(21-17)18-11(2)22-23-12(18)3/h5-9H,4H2,1-3H3. The van der Waals surface area contributed by atoms with Crippen molar-refractivity contribution < 1.29 is 4.52 Å². The molecule has 23 heavy (non-hydrogen) atoms. The highest BCUT2D eigenvalue weighted by molar-refractivity contribution is 5.70. The summed E-state index contributed by atoms with van der Waals surface area (Å²) in [6, 6.07) is 11.4. The van der Waals surface area contributed by atoms with Gasteiger partial charge >= 0.3 is 0 Å². The lowest BCUT2D eigenvalue weighted by Gasteiger charge is -2.07. The minimum atomic E-state index is 0.629. The van der Waals surface area contributed by atoms with E-state index in [-0.39, 0.29) is 0 Å². The molecule has 0 N–H and O–H groups in total. The zero-order valence-electron chi connectivity index (χ0n) is 13.3. The summed E-state index contributed by atoms with van der Waals surface area (Å²) in [6.07, 6.45) is 0.737. The number of rotatable bonds is 3.